The van der Waals surface area contributed by atoms with E-state index >= 15 is 0 Å². The van der Waals surface area contributed by atoms with Gasteiger partial charge in [0.1, 0.15) is 12.4 Å². The van der Waals surface area contributed by atoms with E-state index in [2.05, 4.69) is 69.6 Å². The molecule has 0 radical (unpaired) electrons. The van der Waals surface area contributed by atoms with Crippen LogP contribution < -0.4 is 9.64 Å². The van der Waals surface area contributed by atoms with Crippen molar-refractivity contribution in [1.82, 2.24) is 14.8 Å². The van der Waals surface area contributed by atoms with E-state index in [4.69, 9.17) is 4.74 Å². The highest BCUT2D eigenvalue weighted by Crippen LogP contribution is 2.45. The summed E-state index contributed by atoms with van der Waals surface area (Å²) in [7, 11) is 0. The molecule has 3 aromatic carbocycles. The van der Waals surface area contributed by atoms with Crippen molar-refractivity contribution in [3.05, 3.63) is 115 Å². The zero-order valence-corrected chi connectivity index (χ0v) is 17.3. The Morgan fingerprint density at radius 3 is 2.53 bits per heavy atom. The summed E-state index contributed by atoms with van der Waals surface area (Å²) in [6, 6.07) is 30.9. The first-order chi connectivity index (χ1) is 15.9. The van der Waals surface area contributed by atoms with Gasteiger partial charge < -0.3 is 9.64 Å². The van der Waals surface area contributed by atoms with Crippen LogP contribution in [-0.4, -0.2) is 14.8 Å². The zero-order chi connectivity index (χ0) is 21.3. The average molecular weight is 416 g/mol. The van der Waals surface area contributed by atoms with Crippen LogP contribution in [0.5, 0.6) is 5.75 Å². The zero-order valence-electron chi connectivity index (χ0n) is 17.3. The Hall–Kier alpha value is -4.38. The quantitative estimate of drug-likeness (QED) is 0.346. The minimum atomic E-state index is 0.515. The third-order valence-corrected chi connectivity index (χ3v) is 5.63. The maximum absolute atomic E-state index is 6.23. The molecule has 5 nitrogen and oxygen atoms in total. The van der Waals surface area contributed by atoms with Gasteiger partial charge in [0, 0.05) is 35.4 Å². The molecule has 0 unspecified atom stereocenters. The second-order valence-electron chi connectivity index (χ2n) is 7.62. The van der Waals surface area contributed by atoms with E-state index < -0.39 is 0 Å². The lowest BCUT2D eigenvalue weighted by atomic mass is 10.1. The molecule has 0 saturated carbocycles. The molecular weight excluding hydrogens is 396 g/mol. The number of ether oxygens (including phenoxy) is 1. The number of fused-ring (bicyclic) bond motifs is 2. The number of anilines is 3. The van der Waals surface area contributed by atoms with E-state index in [0.717, 1.165) is 45.3 Å². The highest BCUT2D eigenvalue weighted by atomic mass is 16.5. The first kappa shape index (κ1) is 18.4. The van der Waals surface area contributed by atoms with Crippen molar-refractivity contribution in [3.63, 3.8) is 0 Å². The molecule has 154 valence electrons. The second-order valence-corrected chi connectivity index (χ2v) is 7.62. The summed E-state index contributed by atoms with van der Waals surface area (Å²) in [5.74, 6) is 0.834. The molecule has 0 fully saturated rings. The maximum atomic E-state index is 6.23. The van der Waals surface area contributed by atoms with Gasteiger partial charge in [-0.25, -0.2) is 4.68 Å². The molecule has 0 aliphatic carbocycles. The van der Waals surface area contributed by atoms with Crippen molar-refractivity contribution >= 4 is 17.1 Å². The molecule has 0 spiro atoms. The summed E-state index contributed by atoms with van der Waals surface area (Å²) in [6.45, 7) is 0.515. The van der Waals surface area contributed by atoms with Crippen molar-refractivity contribution in [3.8, 4) is 22.7 Å². The molecule has 6 rings (SSSR count). The number of rotatable bonds is 3. The standard InChI is InChI=1S/C27H20N4O/c1-2-11-25-21(7-1)19-32-27-13-12-22(30-16-6-15-29-30)18-26(27)31(25)23-9-5-8-20(17-23)24-10-3-4-14-28-24/h1-18H,19H2. The van der Waals surface area contributed by atoms with Gasteiger partial charge in [-0.1, -0.05) is 36.4 Å². The Labute approximate surface area is 186 Å². The van der Waals surface area contributed by atoms with Gasteiger partial charge >= 0.3 is 0 Å². The fourth-order valence-electron chi connectivity index (χ4n) is 4.12. The molecule has 32 heavy (non-hydrogen) atoms. The molecule has 2 aromatic heterocycles. The SMILES string of the molecule is c1ccc(-c2cccc(N3c4ccccc4COc4ccc(-n5cccn5)cc43)c2)nc1. The van der Waals surface area contributed by atoms with Crippen LogP contribution in [0.3, 0.4) is 0 Å². The number of hydrogen-bond acceptors (Lipinski definition) is 4. The maximum Gasteiger partial charge on any atom is 0.143 e. The Morgan fingerprint density at radius 2 is 1.66 bits per heavy atom. The number of benzene rings is 3. The van der Waals surface area contributed by atoms with Crippen molar-refractivity contribution in [2.45, 2.75) is 6.61 Å². The molecule has 0 saturated heterocycles. The largest absolute Gasteiger partial charge is 0.487 e. The van der Waals surface area contributed by atoms with E-state index in [0.29, 0.717) is 6.61 Å². The average Bonchev–Trinajstić information content (AvgIpc) is 3.34. The lowest BCUT2D eigenvalue weighted by Gasteiger charge is -2.26. The Balaban J connectivity index is 1.56. The van der Waals surface area contributed by atoms with Crippen LogP contribution in [0, 0.1) is 0 Å². The fourth-order valence-corrected chi connectivity index (χ4v) is 4.12. The van der Waals surface area contributed by atoms with E-state index in [1.54, 1.807) is 6.20 Å². The van der Waals surface area contributed by atoms with Gasteiger partial charge in [-0.3, -0.25) is 4.98 Å². The highest BCUT2D eigenvalue weighted by molar-refractivity contribution is 5.85. The lowest BCUT2D eigenvalue weighted by molar-refractivity contribution is 0.310. The van der Waals surface area contributed by atoms with Crippen LogP contribution in [0.1, 0.15) is 5.56 Å². The molecule has 0 atom stereocenters. The van der Waals surface area contributed by atoms with Crippen molar-refractivity contribution in [1.29, 1.82) is 0 Å². The highest BCUT2D eigenvalue weighted by Gasteiger charge is 2.24. The van der Waals surface area contributed by atoms with Crippen LogP contribution in [0.4, 0.5) is 17.1 Å². The summed E-state index contributed by atoms with van der Waals surface area (Å²) < 4.78 is 8.09. The molecular formula is C27H20N4O. The summed E-state index contributed by atoms with van der Waals surface area (Å²) in [4.78, 5) is 6.80. The lowest BCUT2D eigenvalue weighted by Crippen LogP contribution is -2.11. The van der Waals surface area contributed by atoms with Gasteiger partial charge in [0.05, 0.1) is 22.8 Å². The van der Waals surface area contributed by atoms with Crippen molar-refractivity contribution < 1.29 is 4.74 Å². The molecule has 5 heteroatoms. The van der Waals surface area contributed by atoms with Gasteiger partial charge in [-0.2, -0.15) is 5.10 Å². The molecule has 0 N–H and O–H groups in total. The first-order valence-corrected chi connectivity index (χ1v) is 10.5. The van der Waals surface area contributed by atoms with Gasteiger partial charge in [-0.05, 0) is 54.6 Å². The van der Waals surface area contributed by atoms with Crippen molar-refractivity contribution in [2.75, 3.05) is 4.90 Å². The summed E-state index contributed by atoms with van der Waals surface area (Å²) in [6.07, 6.45) is 5.55. The number of hydrogen-bond donors (Lipinski definition) is 0. The van der Waals surface area contributed by atoms with Crippen LogP contribution in [0.15, 0.2) is 110 Å². The van der Waals surface area contributed by atoms with Gasteiger partial charge in [0.15, 0.2) is 0 Å². The van der Waals surface area contributed by atoms with Crippen molar-refractivity contribution in [2.24, 2.45) is 0 Å². The van der Waals surface area contributed by atoms with Crippen LogP contribution in [0.2, 0.25) is 0 Å². The van der Waals surface area contributed by atoms with Gasteiger partial charge in [-0.15, -0.1) is 0 Å². The van der Waals surface area contributed by atoms with E-state index in [9.17, 15) is 0 Å². The minimum Gasteiger partial charge on any atom is -0.487 e. The minimum absolute atomic E-state index is 0.515. The van der Waals surface area contributed by atoms with Gasteiger partial charge in [0.25, 0.3) is 0 Å². The smallest absolute Gasteiger partial charge is 0.143 e. The van der Waals surface area contributed by atoms with Gasteiger partial charge in [0.2, 0.25) is 0 Å². The molecule has 3 heterocycles. The number of para-hydroxylation sites is 1. The molecule has 5 aromatic rings. The molecule has 1 aliphatic heterocycles. The Morgan fingerprint density at radius 1 is 0.719 bits per heavy atom. The Kier molecular flexibility index (Phi) is 4.43. The van der Waals surface area contributed by atoms with Crippen LogP contribution in [-0.2, 0) is 6.61 Å². The number of aromatic nitrogens is 3. The fraction of sp³-hybridized carbons (Fsp3) is 0.0370. The summed E-state index contributed by atoms with van der Waals surface area (Å²) in [5, 5.41) is 4.40. The predicted molar refractivity (Wildman–Crippen MR) is 126 cm³/mol. The Bertz CT molecular complexity index is 1380. The number of nitrogens with zero attached hydrogens (tertiary/aromatic N) is 4. The second kappa shape index (κ2) is 7.71. The monoisotopic (exact) mass is 416 g/mol. The van der Waals surface area contributed by atoms with E-state index in [1.807, 2.05) is 53.5 Å². The van der Waals surface area contributed by atoms with Crippen LogP contribution >= 0.6 is 0 Å². The topological polar surface area (TPSA) is 43.2 Å². The molecule has 0 amide bonds. The number of pyridine rings is 1. The van der Waals surface area contributed by atoms with Crippen LogP contribution in [0.25, 0.3) is 16.9 Å². The summed E-state index contributed by atoms with van der Waals surface area (Å²) in [5.41, 5.74) is 7.23. The third kappa shape index (κ3) is 3.20. The third-order valence-electron chi connectivity index (χ3n) is 5.63. The normalized spacial score (nSPS) is 12.4. The van der Waals surface area contributed by atoms with E-state index in [-0.39, 0.29) is 0 Å². The molecule has 0 bridgehead atoms. The predicted octanol–water partition coefficient (Wildman–Crippen LogP) is 6.30. The van der Waals surface area contributed by atoms with E-state index in [1.165, 1.54) is 0 Å². The summed E-state index contributed by atoms with van der Waals surface area (Å²) >= 11 is 0. The first-order valence-electron chi connectivity index (χ1n) is 10.5. The molecule has 1 aliphatic rings.